The Labute approximate surface area is 86.4 Å². The molecule has 0 rings (SSSR count). The average molecular weight is 202 g/mol. The molecule has 84 valence electrons. The fourth-order valence-corrected chi connectivity index (χ4v) is 1.06. The van der Waals surface area contributed by atoms with Crippen molar-refractivity contribution in [1.82, 2.24) is 10.6 Å². The summed E-state index contributed by atoms with van der Waals surface area (Å²) in [7, 11) is 0. The fourth-order valence-electron chi connectivity index (χ4n) is 1.06. The van der Waals surface area contributed by atoms with Gasteiger partial charge in [0.2, 0.25) is 5.91 Å². The largest absolute Gasteiger partial charge is 0.377 e. The quantitative estimate of drug-likeness (QED) is 0.603. The number of hydrogen-bond donors (Lipinski definition) is 2. The van der Waals surface area contributed by atoms with Crippen LogP contribution in [0, 0.1) is 0 Å². The van der Waals surface area contributed by atoms with E-state index in [4.69, 9.17) is 4.74 Å². The fraction of sp³-hybridized carbons (Fsp3) is 0.900. The van der Waals surface area contributed by atoms with Gasteiger partial charge in [0.05, 0.1) is 12.6 Å². The van der Waals surface area contributed by atoms with Gasteiger partial charge in [-0.3, -0.25) is 4.79 Å². The average Bonchev–Trinajstić information content (AvgIpc) is 2.15. The van der Waals surface area contributed by atoms with Crippen LogP contribution >= 0.6 is 0 Å². The molecule has 0 aliphatic carbocycles. The third-order valence-corrected chi connectivity index (χ3v) is 1.74. The maximum atomic E-state index is 11.1. The lowest BCUT2D eigenvalue weighted by Crippen LogP contribution is -2.37. The second kappa shape index (κ2) is 8.97. The van der Waals surface area contributed by atoms with Crippen LogP contribution in [0.4, 0.5) is 0 Å². The number of carbonyl (C=O) groups excluding carboxylic acids is 1. The first-order valence-electron chi connectivity index (χ1n) is 5.29. The second-order valence-corrected chi connectivity index (χ2v) is 3.25. The third-order valence-electron chi connectivity index (χ3n) is 1.74. The zero-order valence-corrected chi connectivity index (χ0v) is 9.43. The highest BCUT2D eigenvalue weighted by atomic mass is 16.5. The molecule has 0 radical (unpaired) electrons. The molecule has 0 saturated carbocycles. The highest BCUT2D eigenvalue weighted by molar-refractivity contribution is 5.77. The van der Waals surface area contributed by atoms with Crippen LogP contribution in [0.15, 0.2) is 0 Å². The van der Waals surface area contributed by atoms with Gasteiger partial charge in [-0.15, -0.1) is 0 Å². The Bertz CT molecular complexity index is 151. The molecule has 0 bridgehead atoms. The highest BCUT2D eigenvalue weighted by Gasteiger charge is 2.02. The SMILES string of the molecule is CCCNC(=O)CNCC(C)OCC. The summed E-state index contributed by atoms with van der Waals surface area (Å²) in [6.07, 6.45) is 1.14. The van der Waals surface area contributed by atoms with Crippen molar-refractivity contribution in [3.05, 3.63) is 0 Å². The van der Waals surface area contributed by atoms with Crippen molar-refractivity contribution in [3.8, 4) is 0 Å². The van der Waals surface area contributed by atoms with Gasteiger partial charge < -0.3 is 15.4 Å². The first kappa shape index (κ1) is 13.4. The van der Waals surface area contributed by atoms with E-state index < -0.39 is 0 Å². The molecule has 0 aromatic carbocycles. The van der Waals surface area contributed by atoms with Crippen LogP contribution in [0.3, 0.4) is 0 Å². The smallest absolute Gasteiger partial charge is 0.233 e. The molecule has 4 heteroatoms. The molecule has 0 heterocycles. The van der Waals surface area contributed by atoms with Gasteiger partial charge in [-0.05, 0) is 20.3 Å². The standard InChI is InChI=1S/C10H22N2O2/c1-4-6-12-10(13)8-11-7-9(3)14-5-2/h9,11H,4-8H2,1-3H3,(H,12,13). The number of nitrogens with one attached hydrogen (secondary N) is 2. The van der Waals surface area contributed by atoms with Crippen molar-refractivity contribution in [2.75, 3.05) is 26.2 Å². The van der Waals surface area contributed by atoms with Crippen molar-refractivity contribution < 1.29 is 9.53 Å². The van der Waals surface area contributed by atoms with E-state index in [9.17, 15) is 4.79 Å². The van der Waals surface area contributed by atoms with E-state index in [0.29, 0.717) is 19.7 Å². The number of rotatable bonds is 8. The Hall–Kier alpha value is -0.610. The van der Waals surface area contributed by atoms with Crippen LogP contribution in [0.5, 0.6) is 0 Å². The number of ether oxygens (including phenoxy) is 1. The van der Waals surface area contributed by atoms with Gasteiger partial charge in [-0.25, -0.2) is 0 Å². The molecule has 0 aliphatic rings. The number of hydrogen-bond acceptors (Lipinski definition) is 3. The third kappa shape index (κ3) is 8.01. The van der Waals surface area contributed by atoms with Gasteiger partial charge in [0.15, 0.2) is 0 Å². The first-order valence-corrected chi connectivity index (χ1v) is 5.29. The summed E-state index contributed by atoms with van der Waals surface area (Å²) in [5.74, 6) is 0.0514. The Balaban J connectivity index is 3.30. The highest BCUT2D eigenvalue weighted by Crippen LogP contribution is 1.86. The summed E-state index contributed by atoms with van der Waals surface area (Å²) < 4.78 is 5.31. The minimum Gasteiger partial charge on any atom is -0.377 e. The Morgan fingerprint density at radius 1 is 1.43 bits per heavy atom. The van der Waals surface area contributed by atoms with Crippen LogP contribution in [0.2, 0.25) is 0 Å². The molecule has 0 saturated heterocycles. The molecule has 0 fully saturated rings. The summed E-state index contributed by atoms with van der Waals surface area (Å²) in [6, 6.07) is 0. The molecule has 1 unspecified atom stereocenters. The normalized spacial score (nSPS) is 12.5. The van der Waals surface area contributed by atoms with Gasteiger partial charge >= 0.3 is 0 Å². The molecule has 0 aromatic heterocycles. The lowest BCUT2D eigenvalue weighted by molar-refractivity contribution is -0.120. The van der Waals surface area contributed by atoms with Crippen molar-refractivity contribution in [1.29, 1.82) is 0 Å². The molecular weight excluding hydrogens is 180 g/mol. The summed E-state index contributed by atoms with van der Waals surface area (Å²) in [6.45, 7) is 8.53. The number of amides is 1. The minimum absolute atomic E-state index is 0.0514. The molecule has 2 N–H and O–H groups in total. The predicted octanol–water partition coefficient (Wildman–Crippen LogP) is 0.527. The maximum Gasteiger partial charge on any atom is 0.233 e. The molecule has 1 atom stereocenters. The van der Waals surface area contributed by atoms with E-state index in [-0.39, 0.29) is 12.0 Å². The van der Waals surface area contributed by atoms with Crippen LogP contribution in [0.1, 0.15) is 27.2 Å². The van der Waals surface area contributed by atoms with E-state index in [0.717, 1.165) is 13.0 Å². The molecule has 1 amide bonds. The molecule has 4 nitrogen and oxygen atoms in total. The second-order valence-electron chi connectivity index (χ2n) is 3.25. The van der Waals surface area contributed by atoms with E-state index in [1.807, 2.05) is 20.8 Å². The Morgan fingerprint density at radius 3 is 2.71 bits per heavy atom. The van der Waals surface area contributed by atoms with Crippen molar-refractivity contribution in [2.45, 2.75) is 33.3 Å². The van der Waals surface area contributed by atoms with Crippen LogP contribution in [0.25, 0.3) is 0 Å². The molecular formula is C10H22N2O2. The van der Waals surface area contributed by atoms with Gasteiger partial charge in [0.25, 0.3) is 0 Å². The van der Waals surface area contributed by atoms with E-state index in [1.165, 1.54) is 0 Å². The topological polar surface area (TPSA) is 50.4 Å². The van der Waals surface area contributed by atoms with Crippen LogP contribution in [-0.4, -0.2) is 38.3 Å². The lowest BCUT2D eigenvalue weighted by Gasteiger charge is -2.12. The zero-order chi connectivity index (χ0) is 10.8. The van der Waals surface area contributed by atoms with Crippen molar-refractivity contribution >= 4 is 5.91 Å². The summed E-state index contributed by atoms with van der Waals surface area (Å²) >= 11 is 0. The van der Waals surface area contributed by atoms with E-state index in [2.05, 4.69) is 10.6 Å². The minimum atomic E-state index is 0.0514. The Kier molecular flexibility index (Phi) is 8.57. The molecule has 0 aliphatic heterocycles. The van der Waals surface area contributed by atoms with Crippen LogP contribution < -0.4 is 10.6 Å². The molecule has 0 spiro atoms. The molecule has 14 heavy (non-hydrogen) atoms. The van der Waals surface area contributed by atoms with Gasteiger partial charge in [0.1, 0.15) is 0 Å². The van der Waals surface area contributed by atoms with Crippen molar-refractivity contribution in [3.63, 3.8) is 0 Å². The summed E-state index contributed by atoms with van der Waals surface area (Å²) in [4.78, 5) is 11.1. The predicted molar refractivity (Wildman–Crippen MR) is 57.3 cm³/mol. The summed E-state index contributed by atoms with van der Waals surface area (Å²) in [5, 5.41) is 5.84. The van der Waals surface area contributed by atoms with Gasteiger partial charge in [-0.1, -0.05) is 6.92 Å². The van der Waals surface area contributed by atoms with E-state index >= 15 is 0 Å². The van der Waals surface area contributed by atoms with Gasteiger partial charge in [-0.2, -0.15) is 0 Å². The van der Waals surface area contributed by atoms with Gasteiger partial charge in [0, 0.05) is 19.7 Å². The number of carbonyl (C=O) groups is 1. The van der Waals surface area contributed by atoms with Crippen molar-refractivity contribution in [2.24, 2.45) is 0 Å². The molecule has 0 aromatic rings. The maximum absolute atomic E-state index is 11.1. The van der Waals surface area contributed by atoms with Crippen LogP contribution in [-0.2, 0) is 9.53 Å². The first-order chi connectivity index (χ1) is 6.70. The monoisotopic (exact) mass is 202 g/mol. The van der Waals surface area contributed by atoms with E-state index in [1.54, 1.807) is 0 Å². The summed E-state index contributed by atoms with van der Waals surface area (Å²) in [5.41, 5.74) is 0. The zero-order valence-electron chi connectivity index (χ0n) is 9.43. The lowest BCUT2D eigenvalue weighted by atomic mass is 10.4. The Morgan fingerprint density at radius 2 is 2.14 bits per heavy atom.